The van der Waals surface area contributed by atoms with Crippen LogP contribution >= 0.6 is 0 Å². The standard InChI is InChI=1S/C25H31N3O6/c1-15(2)10-21-25(33)28-22(24(32)26-13-18(30)14-29)11-16-6-8-19(9-7-16)34-20-5-3-4-17(12-20)23(31)27-21/h3-9,12,15,18,21-22,29-30H,10-11,13-14H2,1-2H3,(H,26,32)(H,27,31)(H,28,33)/t18-,21-,22-/m0/s1. The summed E-state index contributed by atoms with van der Waals surface area (Å²) < 4.78 is 5.87. The van der Waals surface area contributed by atoms with Gasteiger partial charge in [0.25, 0.3) is 5.91 Å². The number of amides is 3. The van der Waals surface area contributed by atoms with Gasteiger partial charge in [0.1, 0.15) is 23.6 Å². The summed E-state index contributed by atoms with van der Waals surface area (Å²) in [6.45, 7) is 3.22. The highest BCUT2D eigenvalue weighted by Crippen LogP contribution is 2.23. The second kappa shape index (κ2) is 11.6. The van der Waals surface area contributed by atoms with Crippen LogP contribution in [0.5, 0.6) is 11.5 Å². The summed E-state index contributed by atoms with van der Waals surface area (Å²) in [5.41, 5.74) is 1.13. The van der Waals surface area contributed by atoms with Gasteiger partial charge in [0.2, 0.25) is 11.8 Å². The molecule has 0 fully saturated rings. The first-order valence-corrected chi connectivity index (χ1v) is 11.3. The van der Waals surface area contributed by atoms with Crippen molar-refractivity contribution in [2.45, 2.75) is 44.9 Å². The third-order valence-electron chi connectivity index (χ3n) is 5.38. The Morgan fingerprint density at radius 1 is 1.12 bits per heavy atom. The van der Waals surface area contributed by atoms with Gasteiger partial charge in [-0.25, -0.2) is 0 Å². The number of fused-ring (bicyclic) bond motifs is 8. The molecule has 2 aliphatic heterocycles. The molecule has 2 heterocycles. The minimum absolute atomic E-state index is 0.104. The zero-order valence-electron chi connectivity index (χ0n) is 19.3. The molecule has 4 bridgehead atoms. The SMILES string of the molecule is CC(C)C[C@@H]1NC(=O)c2cccc(c2)Oc2ccc(cc2)C[C@@H](C(=O)NC[C@H](O)CO)NC1=O. The van der Waals surface area contributed by atoms with E-state index < -0.39 is 42.5 Å². The number of ether oxygens (including phenoxy) is 1. The van der Waals surface area contributed by atoms with E-state index in [9.17, 15) is 19.5 Å². The first kappa shape index (κ1) is 25.2. The Kier molecular flexibility index (Phi) is 8.61. The molecule has 4 rings (SSSR count). The van der Waals surface area contributed by atoms with Gasteiger partial charge in [-0.1, -0.05) is 32.0 Å². The molecule has 9 nitrogen and oxygen atoms in total. The minimum Gasteiger partial charge on any atom is -0.457 e. The molecular weight excluding hydrogens is 438 g/mol. The summed E-state index contributed by atoms with van der Waals surface area (Å²) in [5.74, 6) is -0.268. The van der Waals surface area contributed by atoms with Gasteiger partial charge in [0.05, 0.1) is 12.7 Å². The van der Waals surface area contributed by atoms with Crippen LogP contribution in [0.15, 0.2) is 48.5 Å². The molecule has 3 atom stereocenters. The van der Waals surface area contributed by atoms with E-state index in [1.54, 1.807) is 48.5 Å². The lowest BCUT2D eigenvalue weighted by Crippen LogP contribution is -2.55. The fraction of sp³-hybridized carbons (Fsp3) is 0.400. The highest BCUT2D eigenvalue weighted by molar-refractivity contribution is 5.98. The van der Waals surface area contributed by atoms with E-state index in [1.807, 2.05) is 13.8 Å². The van der Waals surface area contributed by atoms with Crippen molar-refractivity contribution in [1.82, 2.24) is 16.0 Å². The predicted molar refractivity (Wildman–Crippen MR) is 125 cm³/mol. The van der Waals surface area contributed by atoms with E-state index in [2.05, 4.69) is 16.0 Å². The average molecular weight is 470 g/mol. The smallest absolute Gasteiger partial charge is 0.252 e. The quantitative estimate of drug-likeness (QED) is 0.430. The van der Waals surface area contributed by atoms with Crippen molar-refractivity contribution in [3.63, 3.8) is 0 Å². The molecule has 0 aromatic heterocycles. The maximum Gasteiger partial charge on any atom is 0.252 e. The summed E-state index contributed by atoms with van der Waals surface area (Å²) in [4.78, 5) is 39.0. The van der Waals surface area contributed by atoms with E-state index in [0.29, 0.717) is 23.5 Å². The maximum atomic E-state index is 13.2. The molecule has 2 aromatic carbocycles. The Labute approximate surface area is 198 Å². The first-order valence-electron chi connectivity index (χ1n) is 11.3. The number of benzene rings is 2. The lowest BCUT2D eigenvalue weighted by atomic mass is 10.0. The Balaban J connectivity index is 1.93. The molecule has 3 amide bonds. The van der Waals surface area contributed by atoms with Crippen LogP contribution in [0.1, 0.15) is 36.2 Å². The van der Waals surface area contributed by atoms with Crippen LogP contribution in [0.2, 0.25) is 0 Å². The van der Waals surface area contributed by atoms with Gasteiger partial charge in [-0.05, 0) is 48.2 Å². The van der Waals surface area contributed by atoms with Gasteiger partial charge in [0.15, 0.2) is 0 Å². The molecule has 34 heavy (non-hydrogen) atoms. The predicted octanol–water partition coefficient (Wildman–Crippen LogP) is 1.13. The second-order valence-electron chi connectivity index (χ2n) is 8.78. The zero-order valence-corrected chi connectivity index (χ0v) is 19.3. The molecule has 2 aliphatic rings. The van der Waals surface area contributed by atoms with Crippen molar-refractivity contribution in [2.75, 3.05) is 13.2 Å². The highest BCUT2D eigenvalue weighted by atomic mass is 16.5. The molecule has 9 heteroatoms. The summed E-state index contributed by atoms with van der Waals surface area (Å²) >= 11 is 0. The number of nitrogens with one attached hydrogen (secondary N) is 3. The number of carbonyl (C=O) groups excluding carboxylic acids is 3. The fourth-order valence-corrected chi connectivity index (χ4v) is 3.60. The molecular formula is C25H31N3O6. The Morgan fingerprint density at radius 2 is 1.85 bits per heavy atom. The van der Waals surface area contributed by atoms with Crippen LogP contribution in [-0.2, 0) is 16.0 Å². The Morgan fingerprint density at radius 3 is 2.53 bits per heavy atom. The van der Waals surface area contributed by atoms with E-state index in [4.69, 9.17) is 9.84 Å². The zero-order chi connectivity index (χ0) is 24.7. The van der Waals surface area contributed by atoms with Crippen LogP contribution < -0.4 is 20.7 Å². The number of hydrogen-bond donors (Lipinski definition) is 5. The number of hydrogen-bond acceptors (Lipinski definition) is 6. The van der Waals surface area contributed by atoms with Gasteiger partial charge in [-0.15, -0.1) is 0 Å². The number of aliphatic hydroxyl groups excluding tert-OH is 2. The maximum absolute atomic E-state index is 13.2. The van der Waals surface area contributed by atoms with E-state index in [1.165, 1.54) is 0 Å². The van der Waals surface area contributed by atoms with Crippen LogP contribution in [0.4, 0.5) is 0 Å². The van der Waals surface area contributed by atoms with Crippen LogP contribution in [0.25, 0.3) is 0 Å². The number of rotatable bonds is 6. The largest absolute Gasteiger partial charge is 0.457 e. The molecule has 2 aromatic rings. The lowest BCUT2D eigenvalue weighted by Gasteiger charge is -2.24. The summed E-state index contributed by atoms with van der Waals surface area (Å²) in [7, 11) is 0. The minimum atomic E-state index is -1.11. The van der Waals surface area contributed by atoms with E-state index in [-0.39, 0.29) is 18.9 Å². The lowest BCUT2D eigenvalue weighted by molar-refractivity contribution is -0.130. The normalized spacial score (nSPS) is 19.3. The molecule has 0 saturated heterocycles. The summed E-state index contributed by atoms with van der Waals surface area (Å²) in [6, 6.07) is 12.0. The first-order chi connectivity index (χ1) is 16.2. The summed E-state index contributed by atoms with van der Waals surface area (Å²) in [5, 5.41) is 26.7. The molecule has 0 radical (unpaired) electrons. The Hall–Kier alpha value is -3.43. The van der Waals surface area contributed by atoms with Crippen molar-refractivity contribution in [1.29, 1.82) is 0 Å². The number of aliphatic hydroxyl groups is 2. The molecule has 0 aliphatic carbocycles. The van der Waals surface area contributed by atoms with Gasteiger partial charge in [-0.2, -0.15) is 0 Å². The molecule has 0 unspecified atom stereocenters. The Bertz CT molecular complexity index is 1010. The highest BCUT2D eigenvalue weighted by Gasteiger charge is 2.28. The van der Waals surface area contributed by atoms with Crippen LogP contribution in [0, 0.1) is 5.92 Å². The molecule has 5 N–H and O–H groups in total. The van der Waals surface area contributed by atoms with Crippen molar-refractivity contribution in [2.24, 2.45) is 5.92 Å². The van der Waals surface area contributed by atoms with Crippen LogP contribution in [-0.4, -0.2) is 59.3 Å². The van der Waals surface area contributed by atoms with Crippen LogP contribution in [0.3, 0.4) is 0 Å². The molecule has 0 spiro atoms. The average Bonchev–Trinajstić information content (AvgIpc) is 2.82. The third-order valence-corrected chi connectivity index (χ3v) is 5.38. The molecule has 0 saturated carbocycles. The van der Waals surface area contributed by atoms with Crippen molar-refractivity contribution < 1.29 is 29.3 Å². The van der Waals surface area contributed by atoms with Crippen molar-refractivity contribution in [3.05, 3.63) is 59.7 Å². The van der Waals surface area contributed by atoms with Crippen molar-refractivity contribution >= 4 is 17.7 Å². The summed E-state index contributed by atoms with van der Waals surface area (Å²) in [6.07, 6.45) is -0.552. The number of carbonyl (C=O) groups is 3. The third kappa shape index (κ3) is 7.03. The second-order valence-corrected chi connectivity index (χ2v) is 8.78. The van der Waals surface area contributed by atoms with Gasteiger partial charge >= 0.3 is 0 Å². The van der Waals surface area contributed by atoms with E-state index in [0.717, 1.165) is 5.56 Å². The fourth-order valence-electron chi connectivity index (χ4n) is 3.60. The van der Waals surface area contributed by atoms with Gasteiger partial charge in [0, 0.05) is 18.5 Å². The topological polar surface area (TPSA) is 137 Å². The monoisotopic (exact) mass is 469 g/mol. The molecule has 182 valence electrons. The van der Waals surface area contributed by atoms with Gasteiger partial charge in [-0.3, -0.25) is 14.4 Å². The van der Waals surface area contributed by atoms with Crippen molar-refractivity contribution in [3.8, 4) is 11.5 Å². The van der Waals surface area contributed by atoms with E-state index >= 15 is 0 Å². The van der Waals surface area contributed by atoms with Gasteiger partial charge < -0.3 is 30.9 Å².